The number of anilines is 2. The second-order valence-electron chi connectivity index (χ2n) is 10.1. The fourth-order valence-corrected chi connectivity index (χ4v) is 5.20. The van der Waals surface area contributed by atoms with Crippen molar-refractivity contribution in [1.29, 1.82) is 5.26 Å². The van der Waals surface area contributed by atoms with Gasteiger partial charge in [-0.25, -0.2) is 0 Å². The van der Waals surface area contributed by atoms with E-state index in [0.717, 1.165) is 43.5 Å². The van der Waals surface area contributed by atoms with Crippen LogP contribution in [0.4, 0.5) is 37.7 Å². The third kappa shape index (κ3) is 7.59. The van der Waals surface area contributed by atoms with Crippen molar-refractivity contribution >= 4 is 17.3 Å². The van der Waals surface area contributed by atoms with Crippen molar-refractivity contribution in [3.63, 3.8) is 0 Å². The van der Waals surface area contributed by atoms with Crippen molar-refractivity contribution in [2.45, 2.75) is 44.1 Å². The lowest BCUT2D eigenvalue weighted by molar-refractivity contribution is -0.138. The number of nitrogens with one attached hydrogen (secondary N) is 1. The number of nitrogens with zero attached hydrogens (tertiary/aromatic N) is 4. The van der Waals surface area contributed by atoms with E-state index in [1.165, 1.54) is 24.3 Å². The van der Waals surface area contributed by atoms with Gasteiger partial charge in [0, 0.05) is 63.1 Å². The molecule has 0 spiro atoms. The van der Waals surface area contributed by atoms with Crippen LogP contribution in [0.25, 0.3) is 0 Å². The van der Waals surface area contributed by atoms with E-state index in [1.54, 1.807) is 6.07 Å². The van der Waals surface area contributed by atoms with Gasteiger partial charge in [-0.3, -0.25) is 9.69 Å². The summed E-state index contributed by atoms with van der Waals surface area (Å²) in [6.45, 7) is 4.64. The summed E-state index contributed by atoms with van der Waals surface area (Å²) >= 11 is 0. The monoisotopic (exact) mass is 567 g/mol. The van der Waals surface area contributed by atoms with Crippen LogP contribution < -0.4 is 15.1 Å². The molecular formula is C28H31F6N5O. The molecule has 4 rings (SSSR count). The first-order valence-corrected chi connectivity index (χ1v) is 13.2. The van der Waals surface area contributed by atoms with Crippen LogP contribution in [-0.2, 0) is 17.1 Å². The minimum absolute atomic E-state index is 0.0449. The number of alkyl halides is 6. The normalized spacial score (nSPS) is 17.5. The van der Waals surface area contributed by atoms with E-state index in [-0.39, 0.29) is 11.9 Å². The van der Waals surface area contributed by atoms with Crippen molar-refractivity contribution < 1.29 is 31.1 Å². The van der Waals surface area contributed by atoms with Crippen LogP contribution >= 0.6 is 0 Å². The number of amides is 1. The molecule has 0 atom stereocenters. The molecule has 0 aromatic heterocycles. The maximum Gasteiger partial charge on any atom is 0.417 e. The maximum atomic E-state index is 13.3. The molecule has 40 heavy (non-hydrogen) atoms. The van der Waals surface area contributed by atoms with Gasteiger partial charge < -0.3 is 15.1 Å². The highest BCUT2D eigenvalue weighted by Crippen LogP contribution is 2.35. The third-order valence-corrected chi connectivity index (χ3v) is 7.46. The van der Waals surface area contributed by atoms with Gasteiger partial charge in [-0.1, -0.05) is 0 Å². The Balaban J connectivity index is 1.15. The zero-order valence-corrected chi connectivity index (χ0v) is 21.9. The van der Waals surface area contributed by atoms with Crippen LogP contribution in [0.2, 0.25) is 0 Å². The summed E-state index contributed by atoms with van der Waals surface area (Å²) in [5.74, 6) is -0.0560. The maximum absolute atomic E-state index is 13.3. The molecule has 2 saturated heterocycles. The van der Waals surface area contributed by atoms with Gasteiger partial charge in [0.05, 0.1) is 22.8 Å². The van der Waals surface area contributed by atoms with Crippen LogP contribution in [0.5, 0.6) is 0 Å². The molecule has 2 aromatic rings. The molecule has 2 fully saturated rings. The first-order chi connectivity index (χ1) is 18.9. The van der Waals surface area contributed by atoms with Crippen molar-refractivity contribution in [2.24, 2.45) is 0 Å². The van der Waals surface area contributed by atoms with E-state index in [1.807, 2.05) is 4.90 Å². The number of benzene rings is 2. The first kappa shape index (κ1) is 29.5. The fourth-order valence-electron chi connectivity index (χ4n) is 5.20. The van der Waals surface area contributed by atoms with E-state index < -0.39 is 29.0 Å². The Hall–Kier alpha value is -3.46. The van der Waals surface area contributed by atoms with Crippen LogP contribution in [0.15, 0.2) is 42.5 Å². The molecule has 0 unspecified atom stereocenters. The molecule has 0 radical (unpaired) electrons. The SMILES string of the molecule is N#Cc1ccc(N2CCC(NC(=O)CCCN3CCN(c4ccc(C(F)(F)F)cc4)CC3)CC2)cc1C(F)(F)F. The Labute approximate surface area is 229 Å². The number of piperidine rings is 1. The van der Waals surface area contributed by atoms with Crippen LogP contribution in [0.3, 0.4) is 0 Å². The number of nitriles is 1. The topological polar surface area (TPSA) is 62.6 Å². The highest BCUT2D eigenvalue weighted by atomic mass is 19.4. The minimum Gasteiger partial charge on any atom is -0.371 e. The number of hydrogen-bond donors (Lipinski definition) is 1. The second-order valence-corrected chi connectivity index (χ2v) is 10.1. The van der Waals surface area contributed by atoms with E-state index >= 15 is 0 Å². The molecule has 1 amide bonds. The molecule has 2 aliphatic rings. The quantitative estimate of drug-likeness (QED) is 0.462. The molecule has 0 bridgehead atoms. The van der Waals surface area contributed by atoms with E-state index in [9.17, 15) is 31.1 Å². The molecule has 1 N–H and O–H groups in total. The van der Waals surface area contributed by atoms with Crippen molar-refractivity contribution in [2.75, 3.05) is 55.6 Å². The summed E-state index contributed by atoms with van der Waals surface area (Å²) in [7, 11) is 0. The van der Waals surface area contributed by atoms with Crippen molar-refractivity contribution in [1.82, 2.24) is 10.2 Å². The lowest BCUT2D eigenvalue weighted by Gasteiger charge is -2.36. The van der Waals surface area contributed by atoms with Gasteiger partial charge >= 0.3 is 12.4 Å². The predicted molar refractivity (Wildman–Crippen MR) is 139 cm³/mol. The summed E-state index contributed by atoms with van der Waals surface area (Å²) in [6, 6.07) is 10.5. The number of rotatable bonds is 7. The summed E-state index contributed by atoms with van der Waals surface area (Å²) in [6.07, 6.45) is -6.69. The first-order valence-electron chi connectivity index (χ1n) is 13.2. The zero-order valence-electron chi connectivity index (χ0n) is 21.9. The molecule has 0 aliphatic carbocycles. The van der Waals surface area contributed by atoms with Gasteiger partial charge in [-0.15, -0.1) is 0 Å². The van der Waals surface area contributed by atoms with Crippen LogP contribution in [0, 0.1) is 11.3 Å². The number of carbonyl (C=O) groups is 1. The molecule has 6 nitrogen and oxygen atoms in total. The van der Waals surface area contributed by atoms with Crippen molar-refractivity contribution in [3.8, 4) is 6.07 Å². The molecule has 2 aromatic carbocycles. The van der Waals surface area contributed by atoms with Gasteiger partial charge in [0.1, 0.15) is 0 Å². The van der Waals surface area contributed by atoms with Crippen LogP contribution in [0.1, 0.15) is 42.4 Å². The third-order valence-electron chi connectivity index (χ3n) is 7.46. The summed E-state index contributed by atoms with van der Waals surface area (Å²) in [5.41, 5.74) is -0.833. The average Bonchev–Trinajstić information content (AvgIpc) is 2.92. The molecule has 0 saturated carbocycles. The van der Waals surface area contributed by atoms with Gasteiger partial charge in [-0.05, 0) is 68.3 Å². The Bertz CT molecular complexity index is 1190. The Morgan fingerprint density at radius 3 is 2.02 bits per heavy atom. The Morgan fingerprint density at radius 2 is 1.45 bits per heavy atom. The second kappa shape index (κ2) is 12.4. The molecule has 2 aliphatic heterocycles. The Kier molecular flexibility index (Phi) is 9.13. The standard InChI is InChI=1S/C28H31F6N5O/c29-27(30,31)21-4-7-23(8-5-21)39-16-14-37(15-17-39)11-1-2-26(40)36-22-9-12-38(13-10-22)24-6-3-20(19-35)25(18-24)28(32,33)34/h3-8,18,22H,1-2,9-17H2,(H,36,40). The molecular weight excluding hydrogens is 536 g/mol. The largest absolute Gasteiger partial charge is 0.417 e. The highest BCUT2D eigenvalue weighted by Gasteiger charge is 2.35. The zero-order chi connectivity index (χ0) is 28.9. The van der Waals surface area contributed by atoms with E-state index in [4.69, 9.17) is 5.26 Å². The van der Waals surface area contributed by atoms with E-state index in [2.05, 4.69) is 15.1 Å². The Morgan fingerprint density at radius 1 is 0.850 bits per heavy atom. The minimum atomic E-state index is -4.60. The van der Waals surface area contributed by atoms with Gasteiger partial charge in [0.25, 0.3) is 0 Å². The smallest absolute Gasteiger partial charge is 0.371 e. The van der Waals surface area contributed by atoms with Crippen molar-refractivity contribution in [3.05, 3.63) is 59.2 Å². The predicted octanol–water partition coefficient (Wildman–Crippen LogP) is 5.28. The van der Waals surface area contributed by atoms with Gasteiger partial charge in [0.15, 0.2) is 0 Å². The number of halogens is 6. The summed E-state index contributed by atoms with van der Waals surface area (Å²) < 4.78 is 78.2. The molecule has 2 heterocycles. The number of carbonyl (C=O) groups excluding carboxylic acids is 1. The molecule has 216 valence electrons. The fraction of sp³-hybridized carbons (Fsp3) is 0.500. The average molecular weight is 568 g/mol. The molecule has 12 heteroatoms. The number of hydrogen-bond acceptors (Lipinski definition) is 5. The summed E-state index contributed by atoms with van der Waals surface area (Å²) in [4.78, 5) is 18.6. The lowest BCUT2D eigenvalue weighted by Crippen LogP contribution is -2.47. The van der Waals surface area contributed by atoms with Gasteiger partial charge in [0.2, 0.25) is 5.91 Å². The van der Waals surface area contributed by atoms with Crippen LogP contribution in [-0.4, -0.2) is 62.7 Å². The lowest BCUT2D eigenvalue weighted by atomic mass is 10.0. The summed E-state index contributed by atoms with van der Waals surface area (Å²) in [5, 5.41) is 12.0. The highest BCUT2D eigenvalue weighted by molar-refractivity contribution is 5.76. The van der Waals surface area contributed by atoms with E-state index in [0.29, 0.717) is 57.5 Å². The number of piperazine rings is 1. The van der Waals surface area contributed by atoms with Gasteiger partial charge in [-0.2, -0.15) is 31.6 Å².